The topological polar surface area (TPSA) is 116 Å². The van der Waals surface area contributed by atoms with Crippen molar-refractivity contribution in [2.24, 2.45) is 0 Å². The van der Waals surface area contributed by atoms with E-state index >= 15 is 0 Å². The highest BCUT2D eigenvalue weighted by atomic mass is 16.5. The maximum absolute atomic E-state index is 12.4. The van der Waals surface area contributed by atoms with Crippen molar-refractivity contribution in [3.05, 3.63) is 79.4 Å². The van der Waals surface area contributed by atoms with E-state index in [0.717, 1.165) is 60.1 Å². The third-order valence-electron chi connectivity index (χ3n) is 7.86. The van der Waals surface area contributed by atoms with Crippen LogP contribution in [0.1, 0.15) is 52.7 Å². The van der Waals surface area contributed by atoms with Gasteiger partial charge in [-0.15, -0.1) is 0 Å². The summed E-state index contributed by atoms with van der Waals surface area (Å²) in [6.07, 6.45) is 11.5. The number of carbonyl (C=O) groups excluding carboxylic acids is 1. The van der Waals surface area contributed by atoms with Gasteiger partial charge in [0.1, 0.15) is 17.8 Å². The van der Waals surface area contributed by atoms with Crippen LogP contribution in [0, 0.1) is 0 Å². The van der Waals surface area contributed by atoms with Gasteiger partial charge in [0.05, 0.1) is 17.9 Å². The summed E-state index contributed by atoms with van der Waals surface area (Å²) in [7, 11) is 0. The lowest BCUT2D eigenvalue weighted by atomic mass is 10.0. The Morgan fingerprint density at radius 3 is 2.70 bits per heavy atom. The molecular weight excluding hydrogens is 554 g/mol. The Hall–Kier alpha value is -4.83. The van der Waals surface area contributed by atoms with Crippen molar-refractivity contribution in [2.45, 2.75) is 58.2 Å². The molecule has 1 aliphatic rings. The van der Waals surface area contributed by atoms with Crippen LogP contribution in [-0.4, -0.2) is 49.4 Å². The van der Waals surface area contributed by atoms with E-state index in [4.69, 9.17) is 19.4 Å². The minimum Gasteiger partial charge on any atom is -0.484 e. The van der Waals surface area contributed by atoms with Gasteiger partial charge in [0.2, 0.25) is 0 Å². The molecule has 6 rings (SSSR count). The third kappa shape index (κ3) is 6.86. The second kappa shape index (κ2) is 12.8. The summed E-state index contributed by atoms with van der Waals surface area (Å²) >= 11 is 0. The number of nitrogens with zero attached hydrogens (tertiary/aromatic N) is 5. The summed E-state index contributed by atoms with van der Waals surface area (Å²) in [4.78, 5) is 26.3. The van der Waals surface area contributed by atoms with Crippen molar-refractivity contribution >= 4 is 28.3 Å². The molecule has 1 saturated heterocycles. The molecule has 1 atom stereocenters. The Morgan fingerprint density at radius 2 is 1.91 bits per heavy atom. The molecule has 1 unspecified atom stereocenters. The highest BCUT2D eigenvalue weighted by molar-refractivity contribution is 5.91. The van der Waals surface area contributed by atoms with E-state index in [-0.39, 0.29) is 24.3 Å². The first-order valence-electron chi connectivity index (χ1n) is 15.1. The lowest BCUT2D eigenvalue weighted by Gasteiger charge is -2.24. The molecule has 10 heteroatoms. The molecule has 0 bridgehead atoms. The van der Waals surface area contributed by atoms with Gasteiger partial charge in [0.25, 0.3) is 5.91 Å². The van der Waals surface area contributed by atoms with Crippen LogP contribution in [0.3, 0.4) is 0 Å². The minimum atomic E-state index is -0.286. The molecule has 10 nitrogen and oxygen atoms in total. The molecule has 1 amide bonds. The van der Waals surface area contributed by atoms with E-state index in [1.165, 1.54) is 0 Å². The van der Waals surface area contributed by atoms with E-state index in [2.05, 4.69) is 32.8 Å². The van der Waals surface area contributed by atoms with Gasteiger partial charge in [0, 0.05) is 46.7 Å². The number of benzene rings is 2. The van der Waals surface area contributed by atoms with E-state index in [9.17, 15) is 4.79 Å². The van der Waals surface area contributed by atoms with Crippen LogP contribution < -0.4 is 15.4 Å². The maximum Gasteiger partial charge on any atom is 0.258 e. The number of carbonyl (C=O) groups is 1. The number of hydrogen-bond donors (Lipinski definition) is 2. The van der Waals surface area contributed by atoms with Gasteiger partial charge < -0.3 is 20.1 Å². The van der Waals surface area contributed by atoms with Gasteiger partial charge in [-0.2, -0.15) is 5.10 Å². The number of fused-ring (bicyclic) bond motifs is 1. The Balaban J connectivity index is 1.20. The average molecular weight is 592 g/mol. The summed E-state index contributed by atoms with van der Waals surface area (Å²) in [5.74, 6) is 1.57. The number of amides is 1. The van der Waals surface area contributed by atoms with Gasteiger partial charge in [-0.3, -0.25) is 9.78 Å². The first-order chi connectivity index (χ1) is 21.4. The maximum atomic E-state index is 12.4. The van der Waals surface area contributed by atoms with Gasteiger partial charge in [-0.1, -0.05) is 31.2 Å². The van der Waals surface area contributed by atoms with E-state index in [1.807, 2.05) is 80.3 Å². The highest BCUT2D eigenvalue weighted by Crippen LogP contribution is 2.30. The van der Waals surface area contributed by atoms with Crippen LogP contribution in [0.2, 0.25) is 0 Å². The smallest absolute Gasteiger partial charge is 0.258 e. The zero-order valence-electron chi connectivity index (χ0n) is 25.3. The second-order valence-corrected chi connectivity index (χ2v) is 11.6. The Morgan fingerprint density at radius 1 is 1.05 bits per heavy atom. The third-order valence-corrected chi connectivity index (χ3v) is 7.86. The van der Waals surface area contributed by atoms with Crippen LogP contribution in [0.15, 0.2) is 79.4 Å². The van der Waals surface area contributed by atoms with Crippen molar-refractivity contribution < 1.29 is 14.3 Å². The van der Waals surface area contributed by atoms with E-state index in [0.29, 0.717) is 22.9 Å². The lowest BCUT2D eigenvalue weighted by molar-refractivity contribution is -0.124. The molecule has 1 fully saturated rings. The predicted octanol–water partition coefficient (Wildman–Crippen LogP) is 6.68. The Bertz CT molecular complexity index is 1740. The fraction of sp³-hybridized carbons (Fsp3) is 0.324. The van der Waals surface area contributed by atoms with Crippen molar-refractivity contribution in [2.75, 3.05) is 18.5 Å². The summed E-state index contributed by atoms with van der Waals surface area (Å²) in [5.41, 5.74) is 4.18. The molecule has 2 aromatic carbocycles. The summed E-state index contributed by atoms with van der Waals surface area (Å²) in [6.45, 7) is 6.71. The molecule has 0 radical (unpaired) electrons. The molecular formula is C34H37N7O3. The molecule has 0 aliphatic carbocycles. The van der Waals surface area contributed by atoms with Crippen molar-refractivity contribution in [1.29, 1.82) is 0 Å². The standard InChI is InChI=1S/C34H37N7O3/c1-4-34(2,3)40-30(42)22-44-27-9-7-8-24(18-27)32-38-29-20-35-16-15-28(29)33(39-32)37-26-13-11-23(12-14-26)25-19-36-41(21-25)31-10-5-6-17-43-31/h7-9,11-16,18-21,31H,4-6,10,17,22H2,1-3H3,(H,40,42)(H,37,38,39). The molecule has 0 saturated carbocycles. The van der Waals surface area contributed by atoms with Crippen LogP contribution in [0.25, 0.3) is 33.4 Å². The number of anilines is 2. The van der Waals surface area contributed by atoms with E-state index < -0.39 is 0 Å². The van der Waals surface area contributed by atoms with Crippen molar-refractivity contribution in [3.63, 3.8) is 0 Å². The molecule has 4 heterocycles. The highest BCUT2D eigenvalue weighted by Gasteiger charge is 2.19. The quantitative estimate of drug-likeness (QED) is 0.185. The predicted molar refractivity (Wildman–Crippen MR) is 171 cm³/mol. The summed E-state index contributed by atoms with van der Waals surface area (Å²) in [6, 6.07) is 17.5. The largest absolute Gasteiger partial charge is 0.484 e. The van der Waals surface area contributed by atoms with Crippen LogP contribution >= 0.6 is 0 Å². The summed E-state index contributed by atoms with van der Waals surface area (Å²) in [5, 5.41) is 11.9. The SMILES string of the molecule is CCC(C)(C)NC(=O)COc1cccc(-c2nc(Nc3ccc(-c4cnn(C5CCCCO5)c4)cc3)c3ccncc3n2)c1. The number of hydrogen-bond acceptors (Lipinski definition) is 8. The zero-order chi connectivity index (χ0) is 30.5. The van der Waals surface area contributed by atoms with Crippen LogP contribution in [-0.2, 0) is 9.53 Å². The summed E-state index contributed by atoms with van der Waals surface area (Å²) < 4.78 is 13.6. The number of aromatic nitrogens is 5. The van der Waals surface area contributed by atoms with Crippen molar-refractivity contribution in [3.8, 4) is 28.3 Å². The number of pyridine rings is 1. The van der Waals surface area contributed by atoms with Crippen LogP contribution in [0.5, 0.6) is 5.75 Å². The van der Waals surface area contributed by atoms with Gasteiger partial charge >= 0.3 is 0 Å². The molecule has 1 aliphatic heterocycles. The van der Waals surface area contributed by atoms with Gasteiger partial charge in [0.15, 0.2) is 12.4 Å². The van der Waals surface area contributed by atoms with Gasteiger partial charge in [-0.25, -0.2) is 14.6 Å². The lowest BCUT2D eigenvalue weighted by Crippen LogP contribution is -2.44. The molecule has 44 heavy (non-hydrogen) atoms. The minimum absolute atomic E-state index is 0.0122. The monoisotopic (exact) mass is 591 g/mol. The van der Waals surface area contributed by atoms with Gasteiger partial charge in [-0.05, 0) is 75.4 Å². The molecule has 2 N–H and O–H groups in total. The molecule has 5 aromatic rings. The average Bonchev–Trinajstić information content (AvgIpc) is 3.55. The first-order valence-corrected chi connectivity index (χ1v) is 15.1. The Kier molecular flexibility index (Phi) is 8.51. The number of ether oxygens (including phenoxy) is 2. The fourth-order valence-electron chi connectivity index (χ4n) is 5.04. The Labute approximate surface area is 256 Å². The van der Waals surface area contributed by atoms with E-state index in [1.54, 1.807) is 12.4 Å². The number of nitrogens with one attached hydrogen (secondary N) is 2. The first kappa shape index (κ1) is 29.3. The second-order valence-electron chi connectivity index (χ2n) is 11.6. The van der Waals surface area contributed by atoms with Crippen molar-refractivity contribution in [1.82, 2.24) is 30.0 Å². The van der Waals surface area contributed by atoms with Crippen LogP contribution in [0.4, 0.5) is 11.5 Å². The fourth-order valence-corrected chi connectivity index (χ4v) is 5.04. The number of rotatable bonds is 10. The normalized spacial score (nSPS) is 15.2. The molecule has 226 valence electrons. The zero-order valence-corrected chi connectivity index (χ0v) is 25.3. The molecule has 3 aromatic heterocycles. The molecule has 0 spiro atoms.